The minimum absolute atomic E-state index is 0.0720. The van der Waals surface area contributed by atoms with Crippen LogP contribution in [-0.2, 0) is 4.79 Å². The van der Waals surface area contributed by atoms with Gasteiger partial charge in [-0.3, -0.25) is 9.59 Å². The van der Waals surface area contributed by atoms with E-state index in [1.54, 1.807) is 17.4 Å². The molecule has 7 heteroatoms. The van der Waals surface area contributed by atoms with Gasteiger partial charge in [0.2, 0.25) is 5.91 Å². The van der Waals surface area contributed by atoms with Crippen LogP contribution in [0.25, 0.3) is 10.2 Å². The summed E-state index contributed by atoms with van der Waals surface area (Å²) in [5, 5.41) is 7.62. The lowest BCUT2D eigenvalue weighted by atomic mass is 10.2. The molecule has 1 atom stereocenters. The Bertz CT molecular complexity index is 903. The number of hydrogen-bond acceptors (Lipinski definition) is 5. The zero-order valence-corrected chi connectivity index (χ0v) is 16.5. The first-order chi connectivity index (χ1) is 13.2. The van der Waals surface area contributed by atoms with Crippen molar-refractivity contribution < 1.29 is 9.59 Å². The standard InChI is InChI=1S/C20H21N3O2S2/c24-18(8-3-10-21-19(25)14-9-12-26-13-14)23-11-4-6-16(23)20-22-15-5-1-2-7-17(15)27-20/h1-2,5,7,9,12-13,16H,3-4,6,8,10-11H2,(H,21,25)/t16-/m1/s1. The Morgan fingerprint density at radius 2 is 2.15 bits per heavy atom. The Labute approximate surface area is 166 Å². The fraction of sp³-hybridized carbons (Fsp3) is 0.350. The van der Waals surface area contributed by atoms with Crippen molar-refractivity contribution in [3.05, 3.63) is 51.7 Å². The van der Waals surface area contributed by atoms with Gasteiger partial charge in [-0.15, -0.1) is 11.3 Å². The molecule has 0 unspecified atom stereocenters. The van der Waals surface area contributed by atoms with Crippen LogP contribution in [0.5, 0.6) is 0 Å². The third-order valence-electron chi connectivity index (χ3n) is 4.80. The maximum absolute atomic E-state index is 12.7. The molecule has 27 heavy (non-hydrogen) atoms. The Kier molecular flexibility index (Phi) is 5.50. The summed E-state index contributed by atoms with van der Waals surface area (Å²) < 4.78 is 1.17. The maximum Gasteiger partial charge on any atom is 0.252 e. The molecule has 4 rings (SSSR count). The normalized spacial score (nSPS) is 16.7. The monoisotopic (exact) mass is 399 g/mol. The lowest BCUT2D eigenvalue weighted by Gasteiger charge is -2.23. The molecular formula is C20H21N3O2S2. The molecule has 1 aromatic carbocycles. The second-order valence-corrected chi connectivity index (χ2v) is 8.48. The van der Waals surface area contributed by atoms with Gasteiger partial charge in [0, 0.05) is 30.5 Å². The molecule has 2 amide bonds. The van der Waals surface area contributed by atoms with Gasteiger partial charge in [-0.05, 0) is 42.8 Å². The summed E-state index contributed by atoms with van der Waals surface area (Å²) >= 11 is 3.19. The first kappa shape index (κ1) is 18.1. The van der Waals surface area contributed by atoms with Crippen LogP contribution in [0.15, 0.2) is 41.1 Å². The number of likely N-dealkylation sites (tertiary alicyclic amines) is 1. The lowest BCUT2D eigenvalue weighted by molar-refractivity contribution is -0.132. The van der Waals surface area contributed by atoms with Crippen LogP contribution in [0.3, 0.4) is 0 Å². The Balaban J connectivity index is 1.31. The van der Waals surface area contributed by atoms with Crippen LogP contribution in [-0.4, -0.2) is 34.8 Å². The van der Waals surface area contributed by atoms with Gasteiger partial charge in [0.15, 0.2) is 0 Å². The number of benzene rings is 1. The number of nitrogens with zero attached hydrogens (tertiary/aromatic N) is 2. The molecule has 5 nitrogen and oxygen atoms in total. The van der Waals surface area contributed by atoms with Crippen molar-refractivity contribution in [3.8, 4) is 0 Å². The molecule has 0 aliphatic carbocycles. The predicted octanol–water partition coefficient (Wildman–Crippen LogP) is 4.23. The molecule has 0 radical (unpaired) electrons. The van der Waals surface area contributed by atoms with Crippen LogP contribution in [0.2, 0.25) is 0 Å². The van der Waals surface area contributed by atoms with E-state index >= 15 is 0 Å². The highest BCUT2D eigenvalue weighted by molar-refractivity contribution is 7.18. The van der Waals surface area contributed by atoms with Crippen LogP contribution in [0.4, 0.5) is 0 Å². The molecule has 1 saturated heterocycles. The number of rotatable bonds is 6. The van der Waals surface area contributed by atoms with E-state index in [0.29, 0.717) is 24.9 Å². The van der Waals surface area contributed by atoms with Gasteiger partial charge in [-0.1, -0.05) is 12.1 Å². The van der Waals surface area contributed by atoms with E-state index in [0.717, 1.165) is 29.9 Å². The van der Waals surface area contributed by atoms with Gasteiger partial charge in [-0.2, -0.15) is 11.3 Å². The van der Waals surface area contributed by atoms with Gasteiger partial charge in [0.05, 0.1) is 16.3 Å². The third kappa shape index (κ3) is 4.04. The van der Waals surface area contributed by atoms with Gasteiger partial charge in [-0.25, -0.2) is 4.98 Å². The highest BCUT2D eigenvalue weighted by Gasteiger charge is 2.31. The largest absolute Gasteiger partial charge is 0.352 e. The molecule has 0 spiro atoms. The molecule has 1 fully saturated rings. The Hall–Kier alpha value is -2.25. The van der Waals surface area contributed by atoms with Crippen molar-refractivity contribution in [1.82, 2.24) is 15.2 Å². The lowest BCUT2D eigenvalue weighted by Crippen LogP contribution is -2.31. The van der Waals surface area contributed by atoms with E-state index < -0.39 is 0 Å². The molecule has 140 valence electrons. The number of nitrogens with one attached hydrogen (secondary N) is 1. The van der Waals surface area contributed by atoms with E-state index in [1.165, 1.54) is 16.0 Å². The van der Waals surface area contributed by atoms with E-state index in [2.05, 4.69) is 11.4 Å². The molecule has 1 aliphatic rings. The number of thiazole rings is 1. The summed E-state index contributed by atoms with van der Waals surface area (Å²) in [6.07, 6.45) is 3.09. The zero-order chi connectivity index (χ0) is 18.6. The highest BCUT2D eigenvalue weighted by Crippen LogP contribution is 2.36. The second kappa shape index (κ2) is 8.19. The fourth-order valence-electron chi connectivity index (χ4n) is 3.44. The van der Waals surface area contributed by atoms with Crippen molar-refractivity contribution in [2.75, 3.05) is 13.1 Å². The number of carbonyl (C=O) groups is 2. The summed E-state index contributed by atoms with van der Waals surface area (Å²) in [7, 11) is 0. The molecular weight excluding hydrogens is 378 g/mol. The van der Waals surface area contributed by atoms with Gasteiger partial charge >= 0.3 is 0 Å². The fourth-order valence-corrected chi connectivity index (χ4v) is 5.19. The van der Waals surface area contributed by atoms with Crippen LogP contribution < -0.4 is 5.32 Å². The zero-order valence-electron chi connectivity index (χ0n) is 14.9. The minimum atomic E-state index is -0.0720. The average molecular weight is 400 g/mol. The Morgan fingerprint density at radius 3 is 2.96 bits per heavy atom. The van der Waals surface area contributed by atoms with Crippen LogP contribution >= 0.6 is 22.7 Å². The van der Waals surface area contributed by atoms with Crippen molar-refractivity contribution in [1.29, 1.82) is 0 Å². The number of fused-ring (bicyclic) bond motifs is 1. The molecule has 3 heterocycles. The number of aromatic nitrogens is 1. The van der Waals surface area contributed by atoms with Crippen LogP contribution in [0.1, 0.15) is 47.1 Å². The number of thiophene rings is 1. The quantitative estimate of drug-likeness (QED) is 0.631. The first-order valence-electron chi connectivity index (χ1n) is 9.18. The van der Waals surface area contributed by atoms with Gasteiger partial charge in [0.1, 0.15) is 5.01 Å². The summed E-state index contributed by atoms with van der Waals surface area (Å²) in [4.78, 5) is 31.3. The number of carbonyl (C=O) groups excluding carboxylic acids is 2. The van der Waals surface area contributed by atoms with E-state index in [4.69, 9.17) is 4.98 Å². The van der Waals surface area contributed by atoms with Crippen molar-refractivity contribution in [3.63, 3.8) is 0 Å². The molecule has 2 aromatic heterocycles. The van der Waals surface area contributed by atoms with E-state index in [1.807, 2.05) is 33.9 Å². The number of hydrogen-bond donors (Lipinski definition) is 1. The SMILES string of the molecule is O=C(NCCCC(=O)N1CCC[C@@H]1c1nc2ccccc2s1)c1ccsc1. The van der Waals surface area contributed by atoms with E-state index in [9.17, 15) is 9.59 Å². The summed E-state index contributed by atoms with van der Waals surface area (Å²) in [5.74, 6) is 0.0822. The molecule has 0 saturated carbocycles. The van der Waals surface area contributed by atoms with Crippen LogP contribution in [0, 0.1) is 0 Å². The topological polar surface area (TPSA) is 62.3 Å². The summed E-state index contributed by atoms with van der Waals surface area (Å²) in [5.41, 5.74) is 1.69. The third-order valence-corrected chi connectivity index (χ3v) is 6.63. The minimum Gasteiger partial charge on any atom is -0.352 e. The van der Waals surface area contributed by atoms with E-state index in [-0.39, 0.29) is 17.9 Å². The molecule has 1 aliphatic heterocycles. The highest BCUT2D eigenvalue weighted by atomic mass is 32.1. The Morgan fingerprint density at radius 1 is 1.26 bits per heavy atom. The molecule has 3 aromatic rings. The summed E-state index contributed by atoms with van der Waals surface area (Å²) in [6.45, 7) is 1.31. The van der Waals surface area contributed by atoms with Crippen molar-refractivity contribution >= 4 is 44.7 Å². The molecule has 0 bridgehead atoms. The van der Waals surface area contributed by atoms with Gasteiger partial charge < -0.3 is 10.2 Å². The average Bonchev–Trinajstić information content (AvgIpc) is 3.43. The maximum atomic E-state index is 12.7. The number of amides is 2. The van der Waals surface area contributed by atoms with Gasteiger partial charge in [0.25, 0.3) is 5.91 Å². The second-order valence-electron chi connectivity index (χ2n) is 6.64. The van der Waals surface area contributed by atoms with Crippen molar-refractivity contribution in [2.24, 2.45) is 0 Å². The van der Waals surface area contributed by atoms with Crippen molar-refractivity contribution in [2.45, 2.75) is 31.7 Å². The molecule has 1 N–H and O–H groups in total. The predicted molar refractivity (Wildman–Crippen MR) is 109 cm³/mol. The first-order valence-corrected chi connectivity index (χ1v) is 10.9. The smallest absolute Gasteiger partial charge is 0.252 e. The number of para-hydroxylation sites is 1. The summed E-state index contributed by atoms with van der Waals surface area (Å²) in [6, 6.07) is 10.0.